The molecule has 5 nitrogen and oxygen atoms in total. The fourth-order valence-corrected chi connectivity index (χ4v) is 3.57. The van der Waals surface area contributed by atoms with Crippen LogP contribution in [0, 0.1) is 5.92 Å². The molecule has 1 aliphatic rings. The lowest BCUT2D eigenvalue weighted by Crippen LogP contribution is -2.46. The van der Waals surface area contributed by atoms with E-state index in [0.29, 0.717) is 11.5 Å². The van der Waals surface area contributed by atoms with Gasteiger partial charge in [0.15, 0.2) is 0 Å². The largest absolute Gasteiger partial charge is 0.341 e. The first-order valence-corrected chi connectivity index (χ1v) is 9.53. The standard InChI is InChI=1S/C22H27N3O2.ClH/c1-23-16-17-12-14-25(15-13-17)22(27)20(18-8-4-2-5-9-18)24-21(26)19-10-6-3-7-11-19;/h2-11,17,20,23H,12-16H2,1H3,(H,24,26);1H. The number of hydrogen-bond donors (Lipinski definition) is 2. The number of carbonyl (C=O) groups excluding carboxylic acids is 2. The average Bonchev–Trinajstić information content (AvgIpc) is 2.73. The van der Waals surface area contributed by atoms with Crippen molar-refractivity contribution in [2.45, 2.75) is 18.9 Å². The van der Waals surface area contributed by atoms with Crippen molar-refractivity contribution < 1.29 is 9.59 Å². The number of piperidine rings is 1. The van der Waals surface area contributed by atoms with Gasteiger partial charge in [0.2, 0.25) is 5.91 Å². The highest BCUT2D eigenvalue weighted by Gasteiger charge is 2.30. The van der Waals surface area contributed by atoms with E-state index in [1.807, 2.05) is 60.5 Å². The molecule has 0 aromatic heterocycles. The molecule has 0 radical (unpaired) electrons. The number of nitrogens with one attached hydrogen (secondary N) is 2. The predicted molar refractivity (Wildman–Crippen MR) is 114 cm³/mol. The van der Waals surface area contributed by atoms with Crippen LogP contribution < -0.4 is 10.6 Å². The Morgan fingerprint density at radius 3 is 2.14 bits per heavy atom. The van der Waals surface area contributed by atoms with Crippen LogP contribution in [0.2, 0.25) is 0 Å². The number of hydrogen-bond acceptors (Lipinski definition) is 3. The third-order valence-electron chi connectivity index (χ3n) is 5.11. The van der Waals surface area contributed by atoms with E-state index in [2.05, 4.69) is 10.6 Å². The van der Waals surface area contributed by atoms with E-state index in [1.54, 1.807) is 12.1 Å². The van der Waals surface area contributed by atoms with Crippen molar-refractivity contribution in [3.8, 4) is 0 Å². The second kappa shape index (κ2) is 10.8. The molecule has 2 aromatic carbocycles. The predicted octanol–water partition coefficient (Wildman–Crippen LogP) is 3.04. The topological polar surface area (TPSA) is 61.4 Å². The molecule has 3 rings (SSSR count). The van der Waals surface area contributed by atoms with Gasteiger partial charge in [0.1, 0.15) is 6.04 Å². The smallest absolute Gasteiger partial charge is 0.252 e. The summed E-state index contributed by atoms with van der Waals surface area (Å²) >= 11 is 0. The van der Waals surface area contributed by atoms with Gasteiger partial charge in [-0.05, 0) is 50.0 Å². The fraction of sp³-hybridized carbons (Fsp3) is 0.364. The molecule has 2 N–H and O–H groups in total. The minimum absolute atomic E-state index is 0. The highest BCUT2D eigenvalue weighted by molar-refractivity contribution is 5.97. The zero-order valence-corrected chi connectivity index (χ0v) is 17.0. The molecule has 150 valence electrons. The van der Waals surface area contributed by atoms with Gasteiger partial charge in [-0.1, -0.05) is 48.5 Å². The minimum atomic E-state index is -0.667. The Labute approximate surface area is 172 Å². The Bertz CT molecular complexity index is 747. The van der Waals surface area contributed by atoms with Crippen LogP contribution in [0.15, 0.2) is 60.7 Å². The van der Waals surface area contributed by atoms with Gasteiger partial charge in [-0.15, -0.1) is 12.4 Å². The van der Waals surface area contributed by atoms with Crippen molar-refractivity contribution in [1.82, 2.24) is 15.5 Å². The Morgan fingerprint density at radius 2 is 1.57 bits per heavy atom. The van der Waals surface area contributed by atoms with E-state index < -0.39 is 6.04 Å². The summed E-state index contributed by atoms with van der Waals surface area (Å²) in [6.45, 7) is 2.44. The Hall–Kier alpha value is -2.37. The minimum Gasteiger partial charge on any atom is -0.341 e. The lowest BCUT2D eigenvalue weighted by atomic mass is 9.95. The maximum Gasteiger partial charge on any atom is 0.252 e. The van der Waals surface area contributed by atoms with Crippen molar-refractivity contribution in [1.29, 1.82) is 0 Å². The average molecular weight is 402 g/mol. The van der Waals surface area contributed by atoms with Crippen molar-refractivity contribution in [3.05, 3.63) is 71.8 Å². The lowest BCUT2D eigenvalue weighted by Gasteiger charge is -2.34. The number of likely N-dealkylation sites (tertiary alicyclic amines) is 1. The van der Waals surface area contributed by atoms with Crippen LogP contribution in [0.3, 0.4) is 0 Å². The Morgan fingerprint density at radius 1 is 1.00 bits per heavy atom. The molecule has 0 spiro atoms. The van der Waals surface area contributed by atoms with E-state index in [-0.39, 0.29) is 24.2 Å². The number of benzene rings is 2. The van der Waals surface area contributed by atoms with Crippen LogP contribution in [0.25, 0.3) is 0 Å². The molecule has 0 bridgehead atoms. The number of nitrogens with zero attached hydrogens (tertiary/aromatic N) is 1. The highest BCUT2D eigenvalue weighted by Crippen LogP contribution is 2.22. The van der Waals surface area contributed by atoms with E-state index in [9.17, 15) is 9.59 Å². The summed E-state index contributed by atoms with van der Waals surface area (Å²) in [5.41, 5.74) is 1.36. The first-order chi connectivity index (χ1) is 13.2. The lowest BCUT2D eigenvalue weighted by molar-refractivity contribution is -0.134. The molecule has 6 heteroatoms. The van der Waals surface area contributed by atoms with Crippen molar-refractivity contribution in [2.75, 3.05) is 26.7 Å². The number of halogens is 1. The number of amides is 2. The highest BCUT2D eigenvalue weighted by atomic mass is 35.5. The van der Waals surface area contributed by atoms with E-state index in [0.717, 1.165) is 38.0 Å². The molecule has 1 unspecified atom stereocenters. The van der Waals surface area contributed by atoms with Crippen LogP contribution in [0.1, 0.15) is 34.8 Å². The summed E-state index contributed by atoms with van der Waals surface area (Å²) in [6.07, 6.45) is 1.97. The van der Waals surface area contributed by atoms with Gasteiger partial charge in [0.05, 0.1) is 0 Å². The summed E-state index contributed by atoms with van der Waals surface area (Å²) in [5.74, 6) is 0.337. The third kappa shape index (κ3) is 5.57. The van der Waals surface area contributed by atoms with Crippen molar-refractivity contribution >= 4 is 24.2 Å². The number of rotatable bonds is 6. The molecule has 0 aliphatic carbocycles. The van der Waals surface area contributed by atoms with Crippen LogP contribution in [0.5, 0.6) is 0 Å². The number of carbonyl (C=O) groups is 2. The molecule has 2 amide bonds. The Balaban J connectivity index is 0.00000280. The maximum absolute atomic E-state index is 13.2. The van der Waals surface area contributed by atoms with Crippen LogP contribution >= 0.6 is 12.4 Å². The van der Waals surface area contributed by atoms with Crippen LogP contribution in [-0.4, -0.2) is 43.4 Å². The molecule has 1 atom stereocenters. The van der Waals surface area contributed by atoms with Gasteiger partial charge >= 0.3 is 0 Å². The molecular formula is C22H28ClN3O2. The summed E-state index contributed by atoms with van der Waals surface area (Å²) in [7, 11) is 1.96. The molecule has 1 saturated heterocycles. The molecule has 1 fully saturated rings. The van der Waals surface area contributed by atoms with Gasteiger partial charge in [-0.2, -0.15) is 0 Å². The molecule has 1 heterocycles. The second-order valence-corrected chi connectivity index (χ2v) is 7.01. The molecule has 0 saturated carbocycles. The quantitative estimate of drug-likeness (QED) is 0.782. The van der Waals surface area contributed by atoms with Crippen molar-refractivity contribution in [3.63, 3.8) is 0 Å². The van der Waals surface area contributed by atoms with Gasteiger partial charge in [0.25, 0.3) is 5.91 Å². The van der Waals surface area contributed by atoms with E-state index in [4.69, 9.17) is 0 Å². The summed E-state index contributed by atoms with van der Waals surface area (Å²) in [6, 6.07) is 17.8. The van der Waals surface area contributed by atoms with Gasteiger partial charge in [-0.3, -0.25) is 9.59 Å². The monoisotopic (exact) mass is 401 g/mol. The zero-order valence-electron chi connectivity index (χ0n) is 16.1. The van der Waals surface area contributed by atoms with E-state index >= 15 is 0 Å². The normalized spacial score (nSPS) is 15.4. The van der Waals surface area contributed by atoms with Gasteiger partial charge < -0.3 is 15.5 Å². The fourth-order valence-electron chi connectivity index (χ4n) is 3.57. The first-order valence-electron chi connectivity index (χ1n) is 9.53. The third-order valence-corrected chi connectivity index (χ3v) is 5.11. The Kier molecular flexibility index (Phi) is 8.48. The van der Waals surface area contributed by atoms with Crippen LogP contribution in [-0.2, 0) is 4.79 Å². The molecule has 2 aromatic rings. The SMILES string of the molecule is CNCC1CCN(C(=O)C(NC(=O)c2ccccc2)c2ccccc2)CC1.Cl. The van der Waals surface area contributed by atoms with E-state index in [1.165, 1.54) is 0 Å². The molecule has 1 aliphatic heterocycles. The molecular weight excluding hydrogens is 374 g/mol. The van der Waals surface area contributed by atoms with Gasteiger partial charge in [0, 0.05) is 18.7 Å². The molecule has 28 heavy (non-hydrogen) atoms. The second-order valence-electron chi connectivity index (χ2n) is 7.01. The zero-order chi connectivity index (χ0) is 19.1. The van der Waals surface area contributed by atoms with Gasteiger partial charge in [-0.25, -0.2) is 0 Å². The first kappa shape index (κ1) is 21.9. The van der Waals surface area contributed by atoms with Crippen molar-refractivity contribution in [2.24, 2.45) is 5.92 Å². The summed E-state index contributed by atoms with van der Waals surface area (Å²) in [4.78, 5) is 27.8. The van der Waals surface area contributed by atoms with Crippen LogP contribution in [0.4, 0.5) is 0 Å². The maximum atomic E-state index is 13.2. The summed E-state index contributed by atoms with van der Waals surface area (Å²) < 4.78 is 0. The summed E-state index contributed by atoms with van der Waals surface area (Å²) in [5, 5.41) is 6.15.